The summed E-state index contributed by atoms with van der Waals surface area (Å²) in [5.41, 5.74) is 0. The third-order valence-corrected chi connectivity index (χ3v) is 4.00. The number of ether oxygens (including phenoxy) is 1. The van der Waals surface area contributed by atoms with Crippen LogP contribution in [0.15, 0.2) is 0 Å². The van der Waals surface area contributed by atoms with Crippen LogP contribution in [-0.4, -0.2) is 49.0 Å². The number of thioether (sulfide) groups is 1. The van der Waals surface area contributed by atoms with E-state index < -0.39 is 0 Å². The summed E-state index contributed by atoms with van der Waals surface area (Å²) >= 11 is 1.84. The summed E-state index contributed by atoms with van der Waals surface area (Å²) in [7, 11) is 0. The zero-order chi connectivity index (χ0) is 11.8. The van der Waals surface area contributed by atoms with Gasteiger partial charge in [0, 0.05) is 31.1 Å². The van der Waals surface area contributed by atoms with E-state index in [1.165, 1.54) is 6.42 Å². The van der Waals surface area contributed by atoms with E-state index in [1.54, 1.807) is 0 Å². The fourth-order valence-corrected chi connectivity index (χ4v) is 3.00. The highest BCUT2D eigenvalue weighted by atomic mass is 32.2. The average molecular weight is 247 g/mol. The number of hydrogen-bond donors (Lipinski definition) is 2. The van der Waals surface area contributed by atoms with Gasteiger partial charge in [-0.2, -0.15) is 11.8 Å². The zero-order valence-electron chi connectivity index (χ0n) is 10.4. The van der Waals surface area contributed by atoms with Crippen LogP contribution >= 0.6 is 11.8 Å². The van der Waals surface area contributed by atoms with Crippen LogP contribution in [0.25, 0.3) is 0 Å². The molecule has 3 nitrogen and oxygen atoms in total. The van der Waals surface area contributed by atoms with Gasteiger partial charge in [0.15, 0.2) is 0 Å². The Kier molecular flexibility index (Phi) is 7.45. The van der Waals surface area contributed by atoms with Gasteiger partial charge in [-0.1, -0.05) is 6.92 Å². The predicted molar refractivity (Wildman–Crippen MR) is 70.0 cm³/mol. The van der Waals surface area contributed by atoms with Crippen molar-refractivity contribution in [2.24, 2.45) is 5.92 Å². The molecule has 0 aromatic carbocycles. The van der Waals surface area contributed by atoms with Crippen molar-refractivity contribution < 1.29 is 9.84 Å². The summed E-state index contributed by atoms with van der Waals surface area (Å²) < 4.78 is 5.45. The van der Waals surface area contributed by atoms with Gasteiger partial charge in [0.1, 0.15) is 0 Å². The lowest BCUT2D eigenvalue weighted by Gasteiger charge is -2.28. The van der Waals surface area contributed by atoms with Gasteiger partial charge < -0.3 is 15.2 Å². The van der Waals surface area contributed by atoms with Crippen molar-refractivity contribution >= 4 is 11.8 Å². The molecule has 1 aliphatic rings. The van der Waals surface area contributed by atoms with Gasteiger partial charge in [0.05, 0.1) is 6.61 Å². The minimum absolute atomic E-state index is 0.274. The SMILES string of the molecule is CCC(NC(CCO)CSC)C1CCOC1. The van der Waals surface area contributed by atoms with Crippen LogP contribution in [-0.2, 0) is 4.74 Å². The molecule has 1 fully saturated rings. The summed E-state index contributed by atoms with van der Waals surface area (Å²) in [6.07, 6.45) is 5.29. The van der Waals surface area contributed by atoms with E-state index >= 15 is 0 Å². The van der Waals surface area contributed by atoms with Crippen LogP contribution in [0.1, 0.15) is 26.2 Å². The highest BCUT2D eigenvalue weighted by Crippen LogP contribution is 2.20. The van der Waals surface area contributed by atoms with E-state index in [-0.39, 0.29) is 6.61 Å². The second-order valence-corrected chi connectivity index (χ2v) is 5.38. The Bertz CT molecular complexity index is 168. The van der Waals surface area contributed by atoms with Crippen LogP contribution in [0, 0.1) is 5.92 Å². The lowest BCUT2D eigenvalue weighted by atomic mass is 9.96. The van der Waals surface area contributed by atoms with Crippen molar-refractivity contribution in [1.82, 2.24) is 5.32 Å². The maximum absolute atomic E-state index is 9.04. The standard InChI is InChI=1S/C12H25NO2S/c1-3-12(10-5-7-15-8-10)13-11(4-6-14)9-16-2/h10-14H,3-9H2,1-2H3. The normalized spacial score (nSPS) is 24.6. The summed E-state index contributed by atoms with van der Waals surface area (Å²) in [5, 5.41) is 12.7. The maximum Gasteiger partial charge on any atom is 0.0510 e. The predicted octanol–water partition coefficient (Wildman–Crippen LogP) is 1.51. The molecule has 0 bridgehead atoms. The Labute approximate surface area is 103 Å². The molecule has 4 heteroatoms. The first-order valence-corrected chi connectivity index (χ1v) is 7.64. The van der Waals surface area contributed by atoms with Crippen molar-refractivity contribution in [2.75, 3.05) is 31.8 Å². The van der Waals surface area contributed by atoms with Crippen LogP contribution in [0.4, 0.5) is 0 Å². The van der Waals surface area contributed by atoms with Gasteiger partial charge in [0.25, 0.3) is 0 Å². The zero-order valence-corrected chi connectivity index (χ0v) is 11.3. The van der Waals surface area contributed by atoms with Gasteiger partial charge in [-0.3, -0.25) is 0 Å². The summed E-state index contributed by atoms with van der Waals surface area (Å²) in [5.74, 6) is 1.73. The fourth-order valence-electron chi connectivity index (χ4n) is 2.33. The molecular formula is C12H25NO2S. The molecule has 0 aromatic heterocycles. The number of nitrogens with one attached hydrogen (secondary N) is 1. The quantitative estimate of drug-likeness (QED) is 0.682. The second kappa shape index (κ2) is 8.34. The monoisotopic (exact) mass is 247 g/mol. The Morgan fingerprint density at radius 3 is 2.88 bits per heavy atom. The number of aliphatic hydroxyl groups excluding tert-OH is 1. The molecule has 16 heavy (non-hydrogen) atoms. The molecule has 1 rings (SSSR count). The molecule has 2 N–H and O–H groups in total. The van der Waals surface area contributed by atoms with E-state index in [9.17, 15) is 0 Å². The molecule has 0 saturated carbocycles. The highest BCUT2D eigenvalue weighted by molar-refractivity contribution is 7.98. The molecule has 0 amide bonds. The van der Waals surface area contributed by atoms with Gasteiger partial charge in [0.2, 0.25) is 0 Å². The third-order valence-electron chi connectivity index (χ3n) is 3.27. The second-order valence-electron chi connectivity index (χ2n) is 4.47. The van der Waals surface area contributed by atoms with Crippen LogP contribution in [0.3, 0.4) is 0 Å². The molecule has 3 unspecified atom stereocenters. The Morgan fingerprint density at radius 2 is 2.38 bits per heavy atom. The summed E-state index contributed by atoms with van der Waals surface area (Å²) in [6.45, 7) is 4.31. The van der Waals surface area contributed by atoms with Gasteiger partial charge >= 0.3 is 0 Å². The minimum Gasteiger partial charge on any atom is -0.396 e. The van der Waals surface area contributed by atoms with Crippen LogP contribution in [0.2, 0.25) is 0 Å². The Hall–Kier alpha value is 0.230. The van der Waals surface area contributed by atoms with E-state index in [1.807, 2.05) is 11.8 Å². The molecule has 1 saturated heterocycles. The number of rotatable bonds is 8. The van der Waals surface area contributed by atoms with Crippen molar-refractivity contribution in [1.29, 1.82) is 0 Å². The fraction of sp³-hybridized carbons (Fsp3) is 1.00. The third kappa shape index (κ3) is 4.62. The Balaban J connectivity index is 2.38. The van der Waals surface area contributed by atoms with Crippen molar-refractivity contribution in [3.8, 4) is 0 Å². The largest absolute Gasteiger partial charge is 0.396 e. The van der Waals surface area contributed by atoms with Crippen molar-refractivity contribution in [2.45, 2.75) is 38.3 Å². The number of hydrogen-bond acceptors (Lipinski definition) is 4. The Morgan fingerprint density at radius 1 is 1.56 bits per heavy atom. The molecule has 0 radical (unpaired) electrons. The highest BCUT2D eigenvalue weighted by Gasteiger charge is 2.25. The van der Waals surface area contributed by atoms with E-state index in [2.05, 4.69) is 18.5 Å². The summed E-state index contributed by atoms with van der Waals surface area (Å²) in [4.78, 5) is 0. The van der Waals surface area contributed by atoms with E-state index in [4.69, 9.17) is 9.84 Å². The molecule has 0 aliphatic carbocycles. The molecule has 1 aliphatic heterocycles. The molecule has 96 valence electrons. The lowest BCUT2D eigenvalue weighted by molar-refractivity contribution is 0.172. The smallest absolute Gasteiger partial charge is 0.0510 e. The first-order chi connectivity index (χ1) is 7.81. The first kappa shape index (κ1) is 14.3. The van der Waals surface area contributed by atoms with E-state index in [0.29, 0.717) is 18.0 Å². The van der Waals surface area contributed by atoms with Crippen molar-refractivity contribution in [3.63, 3.8) is 0 Å². The van der Waals surface area contributed by atoms with Crippen molar-refractivity contribution in [3.05, 3.63) is 0 Å². The molecule has 0 aromatic rings. The van der Waals surface area contributed by atoms with Crippen LogP contribution in [0.5, 0.6) is 0 Å². The molecule has 1 heterocycles. The van der Waals surface area contributed by atoms with Gasteiger partial charge in [-0.25, -0.2) is 0 Å². The molecular weight excluding hydrogens is 222 g/mol. The first-order valence-electron chi connectivity index (χ1n) is 6.25. The maximum atomic E-state index is 9.04. The van der Waals surface area contributed by atoms with Crippen LogP contribution < -0.4 is 5.32 Å². The minimum atomic E-state index is 0.274. The molecule has 0 spiro atoms. The lowest BCUT2D eigenvalue weighted by Crippen LogP contribution is -2.44. The average Bonchev–Trinajstić information content (AvgIpc) is 2.79. The van der Waals surface area contributed by atoms with Gasteiger partial charge in [-0.15, -0.1) is 0 Å². The topological polar surface area (TPSA) is 41.5 Å². The molecule has 3 atom stereocenters. The number of aliphatic hydroxyl groups is 1. The van der Waals surface area contributed by atoms with E-state index in [0.717, 1.165) is 31.8 Å². The van der Waals surface area contributed by atoms with Gasteiger partial charge in [-0.05, 0) is 31.4 Å². The summed E-state index contributed by atoms with van der Waals surface area (Å²) in [6, 6.07) is 0.983.